The first-order chi connectivity index (χ1) is 11.5. The Kier molecular flexibility index (Phi) is 6.31. The van der Waals surface area contributed by atoms with Crippen LogP contribution < -0.4 is 0 Å². The van der Waals surface area contributed by atoms with Crippen molar-refractivity contribution in [1.82, 2.24) is 4.90 Å². The van der Waals surface area contributed by atoms with Gasteiger partial charge in [0.15, 0.2) is 0 Å². The van der Waals surface area contributed by atoms with Gasteiger partial charge in [-0.15, -0.1) is 0 Å². The van der Waals surface area contributed by atoms with Crippen molar-refractivity contribution in [3.63, 3.8) is 0 Å². The molecule has 5 nitrogen and oxygen atoms in total. The van der Waals surface area contributed by atoms with Gasteiger partial charge in [0.2, 0.25) is 5.91 Å². The van der Waals surface area contributed by atoms with Gasteiger partial charge in [-0.1, -0.05) is 12.1 Å². The number of methoxy groups -OCH3 is 1. The summed E-state index contributed by atoms with van der Waals surface area (Å²) in [6, 6.07) is 5.82. The van der Waals surface area contributed by atoms with Crippen LogP contribution in [0.4, 0.5) is 4.39 Å². The minimum Gasteiger partial charge on any atom is -0.481 e. The van der Waals surface area contributed by atoms with Gasteiger partial charge in [-0.25, -0.2) is 4.39 Å². The van der Waals surface area contributed by atoms with Crippen LogP contribution in [0.2, 0.25) is 0 Å². The zero-order chi connectivity index (χ0) is 17.6. The number of amides is 1. The molecule has 1 atom stereocenters. The lowest BCUT2D eigenvalue weighted by molar-refractivity contribution is -0.155. The van der Waals surface area contributed by atoms with Crippen LogP contribution >= 0.6 is 0 Å². The summed E-state index contributed by atoms with van der Waals surface area (Å²) < 4.78 is 18.0. The summed E-state index contributed by atoms with van der Waals surface area (Å²) in [4.78, 5) is 26.0. The molecule has 1 aromatic rings. The van der Waals surface area contributed by atoms with Gasteiger partial charge in [0.25, 0.3) is 0 Å². The van der Waals surface area contributed by atoms with Crippen LogP contribution in [0.3, 0.4) is 0 Å². The summed E-state index contributed by atoms with van der Waals surface area (Å²) in [6.45, 7) is 1.31. The number of halogens is 1. The fourth-order valence-electron chi connectivity index (χ4n) is 3.27. The Hall–Kier alpha value is -1.95. The first kappa shape index (κ1) is 18.4. The predicted molar refractivity (Wildman–Crippen MR) is 87.1 cm³/mol. The number of hydrogen-bond donors (Lipinski definition) is 1. The Morgan fingerprint density at radius 3 is 2.67 bits per heavy atom. The van der Waals surface area contributed by atoms with Gasteiger partial charge in [-0.2, -0.15) is 0 Å². The van der Waals surface area contributed by atoms with E-state index in [2.05, 4.69) is 0 Å². The molecule has 0 unspecified atom stereocenters. The maximum atomic E-state index is 12.9. The number of carboxylic acid groups (broad SMARTS) is 1. The van der Waals surface area contributed by atoms with E-state index in [1.807, 2.05) is 0 Å². The molecule has 1 aliphatic rings. The van der Waals surface area contributed by atoms with Crippen molar-refractivity contribution < 1.29 is 23.8 Å². The zero-order valence-corrected chi connectivity index (χ0v) is 14.0. The summed E-state index contributed by atoms with van der Waals surface area (Å²) >= 11 is 0. The van der Waals surface area contributed by atoms with Crippen molar-refractivity contribution in [1.29, 1.82) is 0 Å². The van der Waals surface area contributed by atoms with E-state index >= 15 is 0 Å². The van der Waals surface area contributed by atoms with E-state index in [0.717, 1.165) is 5.56 Å². The number of benzene rings is 1. The van der Waals surface area contributed by atoms with E-state index in [0.29, 0.717) is 38.8 Å². The number of carboxylic acids is 1. The molecule has 0 aromatic heterocycles. The summed E-state index contributed by atoms with van der Waals surface area (Å²) in [6.07, 6.45) is 2.56. The first-order valence-electron chi connectivity index (χ1n) is 8.21. The average molecular weight is 337 g/mol. The number of carbonyl (C=O) groups excluding carboxylic acids is 1. The van der Waals surface area contributed by atoms with Crippen LogP contribution in [0.5, 0.6) is 0 Å². The normalized spacial score (nSPS) is 20.8. The Morgan fingerprint density at radius 2 is 2.04 bits per heavy atom. The molecular weight excluding hydrogens is 313 g/mol. The second-order valence-electron chi connectivity index (χ2n) is 6.40. The molecule has 1 saturated heterocycles. The molecule has 132 valence electrons. The molecule has 1 amide bonds. The number of carbonyl (C=O) groups is 2. The topological polar surface area (TPSA) is 66.8 Å². The van der Waals surface area contributed by atoms with Crippen molar-refractivity contribution in [3.05, 3.63) is 35.6 Å². The highest BCUT2D eigenvalue weighted by Crippen LogP contribution is 2.35. The van der Waals surface area contributed by atoms with E-state index in [-0.39, 0.29) is 24.7 Å². The first-order valence-corrected chi connectivity index (χ1v) is 8.21. The third-order valence-electron chi connectivity index (χ3n) is 4.66. The van der Waals surface area contributed by atoms with Crippen LogP contribution in [-0.4, -0.2) is 48.7 Å². The maximum Gasteiger partial charge on any atom is 0.311 e. The predicted octanol–water partition coefficient (Wildman–Crippen LogP) is 2.49. The minimum atomic E-state index is -0.894. The van der Waals surface area contributed by atoms with E-state index in [1.165, 1.54) is 12.1 Å². The van der Waals surface area contributed by atoms with Crippen LogP contribution in [0.1, 0.15) is 31.2 Å². The summed E-state index contributed by atoms with van der Waals surface area (Å²) in [5.41, 5.74) is -0.165. The molecule has 1 heterocycles. The molecule has 24 heavy (non-hydrogen) atoms. The summed E-state index contributed by atoms with van der Waals surface area (Å²) in [5, 5.41) is 9.69. The fourth-order valence-corrected chi connectivity index (χ4v) is 3.27. The molecule has 0 radical (unpaired) electrons. The monoisotopic (exact) mass is 337 g/mol. The lowest BCUT2D eigenvalue weighted by Gasteiger charge is -2.40. The van der Waals surface area contributed by atoms with Gasteiger partial charge >= 0.3 is 5.97 Å². The number of aliphatic carboxylic acids is 1. The van der Waals surface area contributed by atoms with E-state index in [4.69, 9.17) is 4.74 Å². The average Bonchev–Trinajstić information content (AvgIpc) is 2.57. The van der Waals surface area contributed by atoms with Crippen molar-refractivity contribution in [2.75, 3.05) is 26.8 Å². The molecule has 0 bridgehead atoms. The van der Waals surface area contributed by atoms with Crippen LogP contribution in [0, 0.1) is 11.2 Å². The van der Waals surface area contributed by atoms with E-state index in [9.17, 15) is 19.1 Å². The van der Waals surface area contributed by atoms with Crippen molar-refractivity contribution in [2.45, 2.75) is 32.1 Å². The molecule has 0 aliphatic carbocycles. The third kappa shape index (κ3) is 4.54. The molecule has 1 fully saturated rings. The molecule has 1 N–H and O–H groups in total. The van der Waals surface area contributed by atoms with Crippen LogP contribution in [0.15, 0.2) is 24.3 Å². The van der Waals surface area contributed by atoms with Gasteiger partial charge in [-0.3, -0.25) is 9.59 Å². The molecular formula is C18H24FNO4. The highest BCUT2D eigenvalue weighted by atomic mass is 19.1. The molecule has 0 spiro atoms. The van der Waals surface area contributed by atoms with E-state index < -0.39 is 11.4 Å². The second-order valence-corrected chi connectivity index (χ2v) is 6.40. The SMILES string of the molecule is COCCC[C@@]1(C(=O)O)CCCN(C(=O)Cc2ccc(F)cc2)C1. The van der Waals surface area contributed by atoms with Gasteiger partial charge in [0.1, 0.15) is 5.82 Å². The largest absolute Gasteiger partial charge is 0.481 e. The number of nitrogens with zero attached hydrogens (tertiary/aromatic N) is 1. The standard InChI is InChI=1S/C18H24FNO4/c1-24-11-3-9-18(17(22)23)8-2-10-20(13-18)16(21)12-14-4-6-15(19)7-5-14/h4-7H,2-3,8-13H2,1H3,(H,22,23)/t18-/m0/s1. The second kappa shape index (κ2) is 8.24. The van der Waals surface area contributed by atoms with Crippen LogP contribution in [-0.2, 0) is 20.7 Å². The molecule has 1 aromatic carbocycles. The lowest BCUT2D eigenvalue weighted by Crippen LogP contribution is -2.50. The number of ether oxygens (including phenoxy) is 1. The van der Waals surface area contributed by atoms with Gasteiger partial charge in [0.05, 0.1) is 11.8 Å². The van der Waals surface area contributed by atoms with Crippen molar-refractivity contribution >= 4 is 11.9 Å². The Balaban J connectivity index is 2.02. The molecule has 2 rings (SSSR count). The van der Waals surface area contributed by atoms with Gasteiger partial charge < -0.3 is 14.7 Å². The highest BCUT2D eigenvalue weighted by Gasteiger charge is 2.42. The number of rotatable bonds is 7. The minimum absolute atomic E-state index is 0.112. The van der Waals surface area contributed by atoms with Crippen LogP contribution in [0.25, 0.3) is 0 Å². The Bertz CT molecular complexity index is 575. The lowest BCUT2D eigenvalue weighted by atomic mass is 9.76. The fraction of sp³-hybridized carbons (Fsp3) is 0.556. The molecule has 1 aliphatic heterocycles. The highest BCUT2D eigenvalue weighted by molar-refractivity contribution is 5.81. The zero-order valence-electron chi connectivity index (χ0n) is 14.0. The van der Waals surface area contributed by atoms with Gasteiger partial charge in [0, 0.05) is 26.8 Å². The Labute approximate surface area is 141 Å². The third-order valence-corrected chi connectivity index (χ3v) is 4.66. The summed E-state index contributed by atoms with van der Waals surface area (Å²) in [7, 11) is 1.59. The number of hydrogen-bond acceptors (Lipinski definition) is 3. The van der Waals surface area contributed by atoms with Gasteiger partial charge in [-0.05, 0) is 43.4 Å². The smallest absolute Gasteiger partial charge is 0.311 e. The summed E-state index contributed by atoms with van der Waals surface area (Å²) in [5.74, 6) is -1.30. The van der Waals surface area contributed by atoms with E-state index in [1.54, 1.807) is 24.1 Å². The molecule has 6 heteroatoms. The quantitative estimate of drug-likeness (QED) is 0.776. The Morgan fingerprint density at radius 1 is 1.33 bits per heavy atom. The number of likely N-dealkylation sites (tertiary alicyclic amines) is 1. The van der Waals surface area contributed by atoms with Crippen molar-refractivity contribution in [2.24, 2.45) is 5.41 Å². The molecule has 0 saturated carbocycles. The van der Waals surface area contributed by atoms with Crippen molar-refractivity contribution in [3.8, 4) is 0 Å². The number of piperidine rings is 1. The maximum absolute atomic E-state index is 12.9.